The zero-order chi connectivity index (χ0) is 20.1. The van der Waals surface area contributed by atoms with Gasteiger partial charge >= 0.3 is 0 Å². The highest BCUT2D eigenvalue weighted by Crippen LogP contribution is 2.35. The Morgan fingerprint density at radius 2 is 1.89 bits per heavy atom. The predicted molar refractivity (Wildman–Crippen MR) is 106 cm³/mol. The summed E-state index contributed by atoms with van der Waals surface area (Å²) in [6.07, 6.45) is 1.49. The minimum atomic E-state index is -0.497. The zero-order valence-corrected chi connectivity index (χ0v) is 16.5. The SMILES string of the molecule is CCOc1cc(/C=C2/C(=O)NN(c3ccccc3)C2=O)c(Br)cc1OCC#N. The maximum atomic E-state index is 12.7. The Morgan fingerprint density at radius 1 is 1.18 bits per heavy atom. The summed E-state index contributed by atoms with van der Waals surface area (Å²) < 4.78 is 11.5. The summed E-state index contributed by atoms with van der Waals surface area (Å²) in [6, 6.07) is 14.0. The van der Waals surface area contributed by atoms with Crippen LogP contribution in [-0.2, 0) is 9.59 Å². The Labute approximate surface area is 170 Å². The predicted octanol–water partition coefficient (Wildman–Crippen LogP) is 3.21. The van der Waals surface area contributed by atoms with Crippen LogP contribution in [-0.4, -0.2) is 25.0 Å². The zero-order valence-electron chi connectivity index (χ0n) is 14.9. The van der Waals surface area contributed by atoms with Gasteiger partial charge in [0.2, 0.25) is 0 Å². The number of nitrogens with zero attached hydrogens (tertiary/aromatic N) is 2. The van der Waals surface area contributed by atoms with Crippen molar-refractivity contribution in [2.45, 2.75) is 6.92 Å². The molecule has 1 N–H and O–H groups in total. The van der Waals surface area contributed by atoms with Gasteiger partial charge in [0.15, 0.2) is 18.1 Å². The van der Waals surface area contributed by atoms with E-state index in [4.69, 9.17) is 14.7 Å². The summed E-state index contributed by atoms with van der Waals surface area (Å²) in [5.74, 6) is -0.140. The summed E-state index contributed by atoms with van der Waals surface area (Å²) in [7, 11) is 0. The second-order valence-electron chi connectivity index (χ2n) is 5.68. The Balaban J connectivity index is 1.96. The van der Waals surface area contributed by atoms with Crippen molar-refractivity contribution in [2.75, 3.05) is 18.2 Å². The van der Waals surface area contributed by atoms with Crippen molar-refractivity contribution >= 4 is 39.5 Å². The molecule has 0 atom stereocenters. The Morgan fingerprint density at radius 3 is 2.57 bits per heavy atom. The third-order valence-electron chi connectivity index (χ3n) is 3.86. The maximum absolute atomic E-state index is 12.7. The van der Waals surface area contributed by atoms with Crippen LogP contribution in [0, 0.1) is 11.3 Å². The van der Waals surface area contributed by atoms with Gasteiger partial charge in [0, 0.05) is 4.47 Å². The lowest BCUT2D eigenvalue weighted by atomic mass is 10.1. The van der Waals surface area contributed by atoms with Crippen LogP contribution in [0.3, 0.4) is 0 Å². The molecule has 1 aliphatic heterocycles. The number of halogens is 1. The monoisotopic (exact) mass is 441 g/mol. The molecule has 2 aromatic rings. The van der Waals surface area contributed by atoms with Gasteiger partial charge in [0.05, 0.1) is 12.3 Å². The first-order chi connectivity index (χ1) is 13.5. The molecule has 142 valence electrons. The van der Waals surface area contributed by atoms with Crippen LogP contribution < -0.4 is 19.9 Å². The van der Waals surface area contributed by atoms with Crippen LogP contribution in [0.4, 0.5) is 5.69 Å². The molecule has 1 saturated heterocycles. The van der Waals surface area contributed by atoms with Crippen molar-refractivity contribution in [3.05, 3.63) is 58.1 Å². The molecule has 0 saturated carbocycles. The fourth-order valence-corrected chi connectivity index (χ4v) is 3.06. The van der Waals surface area contributed by atoms with E-state index in [1.165, 1.54) is 11.1 Å². The molecule has 0 aromatic heterocycles. The third-order valence-corrected chi connectivity index (χ3v) is 4.55. The third kappa shape index (κ3) is 4.00. The van der Waals surface area contributed by atoms with Gasteiger partial charge in [0.25, 0.3) is 11.8 Å². The quantitative estimate of drug-likeness (QED) is 0.548. The highest BCUT2D eigenvalue weighted by Gasteiger charge is 2.34. The number of nitriles is 1. The summed E-state index contributed by atoms with van der Waals surface area (Å²) in [4.78, 5) is 25.1. The number of nitrogens with one attached hydrogen (secondary N) is 1. The lowest BCUT2D eigenvalue weighted by molar-refractivity contribution is -0.117. The molecule has 0 bridgehead atoms. The smallest absolute Gasteiger partial charge is 0.282 e. The van der Waals surface area contributed by atoms with Gasteiger partial charge in [-0.3, -0.25) is 15.0 Å². The number of hydrogen-bond donors (Lipinski definition) is 1. The topological polar surface area (TPSA) is 91.7 Å². The molecule has 0 unspecified atom stereocenters. The Hall–Kier alpha value is -3.31. The fourth-order valence-electron chi connectivity index (χ4n) is 2.62. The second-order valence-corrected chi connectivity index (χ2v) is 6.53. The number of hydrogen-bond acceptors (Lipinski definition) is 5. The summed E-state index contributed by atoms with van der Waals surface area (Å²) in [6.45, 7) is 2.08. The molecule has 1 heterocycles. The highest BCUT2D eigenvalue weighted by molar-refractivity contribution is 9.10. The van der Waals surface area contributed by atoms with Crippen molar-refractivity contribution in [3.8, 4) is 17.6 Å². The fraction of sp³-hybridized carbons (Fsp3) is 0.150. The average Bonchev–Trinajstić information content (AvgIpc) is 2.98. The van der Waals surface area contributed by atoms with E-state index < -0.39 is 11.8 Å². The first-order valence-electron chi connectivity index (χ1n) is 8.43. The molecular weight excluding hydrogens is 426 g/mol. The van der Waals surface area contributed by atoms with E-state index in [1.807, 2.05) is 19.1 Å². The van der Waals surface area contributed by atoms with E-state index in [9.17, 15) is 9.59 Å². The van der Waals surface area contributed by atoms with Crippen LogP contribution in [0.2, 0.25) is 0 Å². The lowest BCUT2D eigenvalue weighted by Crippen LogP contribution is -2.35. The van der Waals surface area contributed by atoms with Crippen LogP contribution >= 0.6 is 15.9 Å². The molecule has 3 rings (SSSR count). The van der Waals surface area contributed by atoms with Crippen molar-refractivity contribution < 1.29 is 19.1 Å². The van der Waals surface area contributed by atoms with Crippen LogP contribution in [0.5, 0.6) is 11.5 Å². The number of hydrazine groups is 1. The molecule has 0 aliphatic carbocycles. The second kappa shape index (κ2) is 8.59. The van der Waals surface area contributed by atoms with E-state index in [1.54, 1.807) is 36.4 Å². The number of carbonyl (C=O) groups excluding carboxylic acids is 2. The molecule has 28 heavy (non-hydrogen) atoms. The highest BCUT2D eigenvalue weighted by atomic mass is 79.9. The molecular formula is C20H16BrN3O4. The van der Waals surface area contributed by atoms with Crippen LogP contribution in [0.25, 0.3) is 6.08 Å². The number of carbonyl (C=O) groups is 2. The number of benzene rings is 2. The van der Waals surface area contributed by atoms with E-state index in [0.717, 1.165) is 0 Å². The summed E-state index contributed by atoms with van der Waals surface area (Å²) in [5, 5.41) is 9.92. The minimum Gasteiger partial charge on any atom is -0.490 e. The Kier molecular flexibility index (Phi) is 5.96. The average molecular weight is 442 g/mol. The number of rotatable bonds is 6. The van der Waals surface area contributed by atoms with Crippen LogP contribution in [0.15, 0.2) is 52.5 Å². The minimum absolute atomic E-state index is 0.00213. The molecule has 7 nitrogen and oxygen atoms in total. The molecule has 2 aromatic carbocycles. The van der Waals surface area contributed by atoms with E-state index >= 15 is 0 Å². The Bertz CT molecular complexity index is 983. The van der Waals surface area contributed by atoms with E-state index in [0.29, 0.717) is 33.8 Å². The molecule has 0 radical (unpaired) electrons. The maximum Gasteiger partial charge on any atom is 0.282 e. The molecule has 1 fully saturated rings. The van der Waals surface area contributed by atoms with Crippen molar-refractivity contribution in [3.63, 3.8) is 0 Å². The number of para-hydroxylation sites is 1. The van der Waals surface area contributed by atoms with Gasteiger partial charge in [-0.05, 0) is 42.8 Å². The first kappa shape index (κ1) is 19.5. The van der Waals surface area contributed by atoms with Crippen molar-refractivity contribution in [2.24, 2.45) is 0 Å². The lowest BCUT2D eigenvalue weighted by Gasteiger charge is -2.14. The van der Waals surface area contributed by atoms with Gasteiger partial charge in [-0.15, -0.1) is 0 Å². The molecule has 8 heteroatoms. The molecule has 1 aliphatic rings. The first-order valence-corrected chi connectivity index (χ1v) is 9.22. The number of ether oxygens (including phenoxy) is 2. The normalized spacial score (nSPS) is 14.8. The summed E-state index contributed by atoms with van der Waals surface area (Å²) in [5.41, 5.74) is 3.69. The van der Waals surface area contributed by atoms with Crippen molar-refractivity contribution in [1.29, 1.82) is 5.26 Å². The molecule has 0 spiro atoms. The van der Waals surface area contributed by atoms with Gasteiger partial charge in [-0.2, -0.15) is 5.26 Å². The standard InChI is InChI=1S/C20H16BrN3O4/c1-2-27-17-11-13(16(21)12-18(17)28-9-8-22)10-15-19(25)23-24(20(15)26)14-6-4-3-5-7-14/h3-7,10-12H,2,9H2,1H3,(H,23,25)/b15-10-. The van der Waals surface area contributed by atoms with Gasteiger partial charge in [-0.1, -0.05) is 34.1 Å². The van der Waals surface area contributed by atoms with Crippen LogP contribution in [0.1, 0.15) is 12.5 Å². The molecule has 2 amide bonds. The van der Waals surface area contributed by atoms with E-state index in [-0.39, 0.29) is 12.2 Å². The van der Waals surface area contributed by atoms with E-state index in [2.05, 4.69) is 21.4 Å². The van der Waals surface area contributed by atoms with Gasteiger partial charge < -0.3 is 9.47 Å². The summed E-state index contributed by atoms with van der Waals surface area (Å²) >= 11 is 3.41. The number of anilines is 1. The largest absolute Gasteiger partial charge is 0.490 e. The number of amides is 2. The van der Waals surface area contributed by atoms with Crippen molar-refractivity contribution in [1.82, 2.24) is 5.43 Å². The van der Waals surface area contributed by atoms with Gasteiger partial charge in [-0.25, -0.2) is 5.01 Å². The van der Waals surface area contributed by atoms with Gasteiger partial charge in [0.1, 0.15) is 11.6 Å².